The third kappa shape index (κ3) is 5.11. The normalized spacial score (nSPS) is 11.8. The first-order chi connectivity index (χ1) is 7.49. The number of rotatable bonds is 5. The van der Waals surface area contributed by atoms with Crippen LogP contribution in [0.3, 0.4) is 0 Å². The van der Waals surface area contributed by atoms with Gasteiger partial charge in [0.15, 0.2) is 0 Å². The van der Waals surface area contributed by atoms with Gasteiger partial charge in [0.2, 0.25) is 10.0 Å². The molecular weight excluding hydrogens is 246 g/mol. The Balaban J connectivity index is 2.66. The van der Waals surface area contributed by atoms with E-state index in [2.05, 4.69) is 11.3 Å². The Morgan fingerprint density at radius 1 is 1.38 bits per heavy atom. The van der Waals surface area contributed by atoms with E-state index >= 15 is 0 Å². The Morgan fingerprint density at radius 2 is 2.00 bits per heavy atom. The van der Waals surface area contributed by atoms with Crippen molar-refractivity contribution in [3.63, 3.8) is 0 Å². The van der Waals surface area contributed by atoms with Crippen molar-refractivity contribution in [2.75, 3.05) is 6.54 Å². The van der Waals surface area contributed by atoms with Crippen LogP contribution in [0.1, 0.15) is 5.56 Å². The van der Waals surface area contributed by atoms with Crippen LogP contribution in [0.4, 0.5) is 0 Å². The number of nitrogens with one attached hydrogen (secondary N) is 1. The molecule has 0 heterocycles. The first kappa shape index (κ1) is 13.0. The number of halogens is 1. The summed E-state index contributed by atoms with van der Waals surface area (Å²) in [6, 6.07) is 9.15. The van der Waals surface area contributed by atoms with E-state index in [1.165, 1.54) is 6.08 Å². The maximum Gasteiger partial charge on any atom is 0.234 e. The minimum Gasteiger partial charge on any atom is -0.208 e. The standard InChI is InChI=1S/C11H12ClNO2S/c1-10(12)9-13-16(14,15)8-7-11-5-3-2-4-6-11/h2-8,13H,1,9H2/b8-7+. The second-order valence-corrected chi connectivity index (χ2v) is 5.28. The molecule has 0 saturated carbocycles. The van der Waals surface area contributed by atoms with Gasteiger partial charge < -0.3 is 0 Å². The molecule has 3 nitrogen and oxygen atoms in total. The fourth-order valence-electron chi connectivity index (χ4n) is 0.959. The number of benzene rings is 1. The topological polar surface area (TPSA) is 46.2 Å². The van der Waals surface area contributed by atoms with Gasteiger partial charge in [-0.15, -0.1) is 0 Å². The highest BCUT2D eigenvalue weighted by Gasteiger charge is 2.03. The summed E-state index contributed by atoms with van der Waals surface area (Å²) >= 11 is 5.46. The SMILES string of the molecule is C=C(Cl)CNS(=O)(=O)/C=C/c1ccccc1. The molecule has 0 aliphatic rings. The maximum absolute atomic E-state index is 11.4. The van der Waals surface area contributed by atoms with E-state index in [9.17, 15) is 8.42 Å². The lowest BCUT2D eigenvalue weighted by molar-refractivity contribution is 0.594. The Labute approximate surface area is 100 Å². The minimum atomic E-state index is -3.45. The van der Waals surface area contributed by atoms with Crippen molar-refractivity contribution in [3.05, 3.63) is 52.9 Å². The fraction of sp³-hybridized carbons (Fsp3) is 0.0909. The highest BCUT2D eigenvalue weighted by molar-refractivity contribution is 7.92. The van der Waals surface area contributed by atoms with Gasteiger partial charge in [-0.05, 0) is 11.6 Å². The van der Waals surface area contributed by atoms with Crippen LogP contribution >= 0.6 is 11.6 Å². The van der Waals surface area contributed by atoms with Crippen LogP contribution in [0.2, 0.25) is 0 Å². The van der Waals surface area contributed by atoms with Gasteiger partial charge >= 0.3 is 0 Å². The average Bonchev–Trinajstić information content (AvgIpc) is 2.26. The average molecular weight is 258 g/mol. The van der Waals surface area contributed by atoms with Gasteiger partial charge in [0.25, 0.3) is 0 Å². The van der Waals surface area contributed by atoms with Crippen molar-refractivity contribution in [2.45, 2.75) is 0 Å². The Morgan fingerprint density at radius 3 is 2.56 bits per heavy atom. The van der Waals surface area contributed by atoms with Crippen LogP contribution < -0.4 is 4.72 Å². The van der Waals surface area contributed by atoms with Gasteiger partial charge in [0.1, 0.15) is 0 Å². The predicted octanol–water partition coefficient (Wildman–Crippen LogP) is 2.33. The van der Waals surface area contributed by atoms with Gasteiger partial charge in [0, 0.05) is 17.0 Å². The lowest BCUT2D eigenvalue weighted by Gasteiger charge is -2.00. The smallest absolute Gasteiger partial charge is 0.208 e. The molecule has 1 aromatic rings. The van der Waals surface area contributed by atoms with E-state index in [4.69, 9.17) is 11.6 Å². The van der Waals surface area contributed by atoms with Gasteiger partial charge in [-0.2, -0.15) is 0 Å². The molecule has 1 N–H and O–H groups in total. The molecule has 0 amide bonds. The number of hydrogen-bond donors (Lipinski definition) is 1. The molecule has 86 valence electrons. The molecule has 0 atom stereocenters. The summed E-state index contributed by atoms with van der Waals surface area (Å²) in [6.07, 6.45) is 1.51. The fourth-order valence-corrected chi connectivity index (χ4v) is 1.91. The van der Waals surface area contributed by atoms with Crippen LogP contribution in [-0.2, 0) is 10.0 Å². The van der Waals surface area contributed by atoms with Gasteiger partial charge in [-0.3, -0.25) is 0 Å². The molecule has 0 spiro atoms. The van der Waals surface area contributed by atoms with Crippen LogP contribution in [0.15, 0.2) is 47.4 Å². The molecule has 0 fully saturated rings. The van der Waals surface area contributed by atoms with E-state index in [1.807, 2.05) is 30.3 Å². The molecule has 0 radical (unpaired) electrons. The summed E-state index contributed by atoms with van der Waals surface area (Å²) in [4.78, 5) is 0. The van der Waals surface area contributed by atoms with Crippen molar-refractivity contribution in [1.29, 1.82) is 0 Å². The highest BCUT2D eigenvalue weighted by atomic mass is 35.5. The van der Waals surface area contributed by atoms with Crippen LogP contribution in [0.5, 0.6) is 0 Å². The van der Waals surface area contributed by atoms with Gasteiger partial charge in [-0.1, -0.05) is 48.5 Å². The number of hydrogen-bond acceptors (Lipinski definition) is 2. The molecule has 0 bridgehead atoms. The molecule has 0 aliphatic heterocycles. The molecule has 0 aliphatic carbocycles. The second-order valence-electron chi connectivity index (χ2n) is 3.10. The minimum absolute atomic E-state index is 0.0308. The zero-order valence-electron chi connectivity index (χ0n) is 8.56. The van der Waals surface area contributed by atoms with E-state index < -0.39 is 10.0 Å². The molecule has 0 saturated heterocycles. The Hall–Kier alpha value is -1.10. The zero-order chi connectivity index (χ0) is 12.0. The molecule has 5 heteroatoms. The number of sulfonamides is 1. The van der Waals surface area contributed by atoms with Crippen molar-refractivity contribution in [3.8, 4) is 0 Å². The quantitative estimate of drug-likeness (QED) is 0.880. The molecule has 0 aromatic heterocycles. The van der Waals surface area contributed by atoms with Crippen molar-refractivity contribution < 1.29 is 8.42 Å². The third-order valence-corrected chi connectivity index (χ3v) is 2.88. The largest absolute Gasteiger partial charge is 0.234 e. The molecule has 0 unspecified atom stereocenters. The summed E-state index contributed by atoms with van der Waals surface area (Å²) in [7, 11) is -3.45. The van der Waals surface area contributed by atoms with Crippen LogP contribution in [0, 0.1) is 0 Å². The Kier molecular flexibility index (Phi) is 4.73. The first-order valence-electron chi connectivity index (χ1n) is 4.56. The summed E-state index contributed by atoms with van der Waals surface area (Å²) in [5.41, 5.74) is 0.817. The highest BCUT2D eigenvalue weighted by Crippen LogP contribution is 2.03. The monoisotopic (exact) mass is 257 g/mol. The maximum atomic E-state index is 11.4. The van der Waals surface area contributed by atoms with Crippen molar-refractivity contribution >= 4 is 27.7 Å². The lowest BCUT2D eigenvalue weighted by Crippen LogP contribution is -2.22. The summed E-state index contributed by atoms with van der Waals surface area (Å²) in [6.45, 7) is 3.42. The van der Waals surface area contributed by atoms with Crippen molar-refractivity contribution in [1.82, 2.24) is 4.72 Å². The molecule has 16 heavy (non-hydrogen) atoms. The van der Waals surface area contributed by atoms with Gasteiger partial charge in [0.05, 0.1) is 0 Å². The molecule has 1 rings (SSSR count). The van der Waals surface area contributed by atoms with E-state index in [1.54, 1.807) is 0 Å². The molecule has 1 aromatic carbocycles. The van der Waals surface area contributed by atoms with Crippen LogP contribution in [0.25, 0.3) is 6.08 Å². The van der Waals surface area contributed by atoms with Crippen LogP contribution in [-0.4, -0.2) is 15.0 Å². The van der Waals surface area contributed by atoms with E-state index in [0.717, 1.165) is 11.0 Å². The summed E-state index contributed by atoms with van der Waals surface area (Å²) in [5, 5.41) is 1.35. The second kappa shape index (κ2) is 5.84. The summed E-state index contributed by atoms with van der Waals surface area (Å²) < 4.78 is 25.1. The summed E-state index contributed by atoms with van der Waals surface area (Å²) in [5.74, 6) is 0. The van der Waals surface area contributed by atoms with E-state index in [0.29, 0.717) is 0 Å². The van der Waals surface area contributed by atoms with Gasteiger partial charge in [-0.25, -0.2) is 13.1 Å². The lowest BCUT2D eigenvalue weighted by atomic mass is 10.2. The Bertz CT molecular complexity index is 480. The molecular formula is C11H12ClNO2S. The predicted molar refractivity (Wildman–Crippen MR) is 67.4 cm³/mol. The third-order valence-electron chi connectivity index (χ3n) is 1.70. The first-order valence-corrected chi connectivity index (χ1v) is 6.48. The van der Waals surface area contributed by atoms with Crippen molar-refractivity contribution in [2.24, 2.45) is 0 Å². The van der Waals surface area contributed by atoms with E-state index in [-0.39, 0.29) is 11.6 Å². The zero-order valence-corrected chi connectivity index (χ0v) is 10.1.